The highest BCUT2D eigenvalue weighted by molar-refractivity contribution is 5.79. The van der Waals surface area contributed by atoms with E-state index in [0.717, 1.165) is 34.6 Å². The molecular formula is C18H24N2O3. The third-order valence-electron chi connectivity index (χ3n) is 3.98. The highest BCUT2D eigenvalue weighted by Gasteiger charge is 2.18. The summed E-state index contributed by atoms with van der Waals surface area (Å²) in [5.74, 6) is 0.627. The van der Waals surface area contributed by atoms with Crippen molar-refractivity contribution >= 4 is 5.91 Å². The normalized spacial score (nSPS) is 12.2. The number of carbonyl (C=O) groups excluding carboxylic acids is 1. The van der Waals surface area contributed by atoms with Crippen molar-refractivity contribution in [3.05, 3.63) is 52.4 Å². The van der Waals surface area contributed by atoms with Crippen molar-refractivity contribution in [3.8, 4) is 0 Å². The molecule has 0 saturated carbocycles. The van der Waals surface area contributed by atoms with Gasteiger partial charge >= 0.3 is 0 Å². The van der Waals surface area contributed by atoms with Crippen LogP contribution < -0.4 is 5.32 Å². The lowest BCUT2D eigenvalue weighted by atomic mass is 10.0. The lowest BCUT2D eigenvalue weighted by Gasteiger charge is -2.14. The van der Waals surface area contributed by atoms with Gasteiger partial charge in [0, 0.05) is 18.5 Å². The van der Waals surface area contributed by atoms with Crippen LogP contribution in [-0.4, -0.2) is 22.7 Å². The number of nitrogens with zero attached hydrogens (tertiary/aromatic N) is 1. The molecule has 23 heavy (non-hydrogen) atoms. The summed E-state index contributed by atoms with van der Waals surface area (Å²) in [4.78, 5) is 12.2. The van der Waals surface area contributed by atoms with E-state index in [0.29, 0.717) is 6.42 Å². The summed E-state index contributed by atoms with van der Waals surface area (Å²) in [7, 11) is 0. The van der Waals surface area contributed by atoms with Crippen LogP contribution in [0.4, 0.5) is 0 Å². The summed E-state index contributed by atoms with van der Waals surface area (Å²) in [6.45, 7) is 6.10. The predicted octanol–water partition coefficient (Wildman–Crippen LogP) is 2.50. The smallest absolute Gasteiger partial charge is 0.224 e. The molecule has 2 aromatic rings. The fourth-order valence-electron chi connectivity index (χ4n) is 2.64. The molecule has 5 nitrogen and oxygen atoms in total. The van der Waals surface area contributed by atoms with Crippen LogP contribution in [-0.2, 0) is 24.1 Å². The summed E-state index contributed by atoms with van der Waals surface area (Å²) in [6.07, 6.45) is 0.967. The molecule has 124 valence electrons. The second-order valence-corrected chi connectivity index (χ2v) is 5.59. The van der Waals surface area contributed by atoms with E-state index in [4.69, 9.17) is 4.52 Å². The van der Waals surface area contributed by atoms with Crippen molar-refractivity contribution in [2.45, 2.75) is 46.1 Å². The van der Waals surface area contributed by atoms with Crippen molar-refractivity contribution in [2.75, 3.05) is 6.54 Å². The summed E-state index contributed by atoms with van der Waals surface area (Å²) < 4.78 is 5.27. The van der Waals surface area contributed by atoms with Crippen molar-refractivity contribution in [3.63, 3.8) is 0 Å². The summed E-state index contributed by atoms with van der Waals surface area (Å²) in [6, 6.07) is 7.62. The third kappa shape index (κ3) is 4.20. The Bertz CT molecular complexity index is 643. The first kappa shape index (κ1) is 17.2. The van der Waals surface area contributed by atoms with Crippen LogP contribution in [0.2, 0.25) is 0 Å². The van der Waals surface area contributed by atoms with Gasteiger partial charge in [0.2, 0.25) is 5.91 Å². The minimum absolute atomic E-state index is 0.134. The Hall–Kier alpha value is -2.14. The second-order valence-electron chi connectivity index (χ2n) is 5.59. The van der Waals surface area contributed by atoms with E-state index < -0.39 is 6.10 Å². The standard InChI is InChI=1S/C18H24N2O3/c1-4-15-14(17(5-2)23-20-15)10-18(22)19-11-16(21)13-9-7-6-8-12(13)3/h6-9,16,21H,4-5,10-11H2,1-3H3,(H,19,22). The van der Waals surface area contributed by atoms with E-state index in [9.17, 15) is 9.90 Å². The van der Waals surface area contributed by atoms with Gasteiger partial charge in [0.25, 0.3) is 0 Å². The molecule has 0 fully saturated rings. The Morgan fingerprint density at radius 1 is 1.30 bits per heavy atom. The molecule has 5 heteroatoms. The lowest BCUT2D eigenvalue weighted by molar-refractivity contribution is -0.120. The molecule has 2 N–H and O–H groups in total. The highest BCUT2D eigenvalue weighted by atomic mass is 16.5. The Labute approximate surface area is 136 Å². The zero-order chi connectivity index (χ0) is 16.8. The van der Waals surface area contributed by atoms with Gasteiger partial charge in [0.05, 0.1) is 18.2 Å². The van der Waals surface area contributed by atoms with Crippen LogP contribution in [0.25, 0.3) is 0 Å². The number of carbonyl (C=O) groups is 1. The van der Waals surface area contributed by atoms with Crippen LogP contribution in [0.3, 0.4) is 0 Å². The van der Waals surface area contributed by atoms with Gasteiger partial charge in [-0.3, -0.25) is 4.79 Å². The first-order valence-electron chi connectivity index (χ1n) is 8.03. The molecule has 1 amide bonds. The quantitative estimate of drug-likeness (QED) is 0.823. The number of rotatable bonds is 7. The summed E-state index contributed by atoms with van der Waals surface area (Å²) >= 11 is 0. The van der Waals surface area contributed by atoms with Crippen LogP contribution in [0.5, 0.6) is 0 Å². The fraction of sp³-hybridized carbons (Fsp3) is 0.444. The van der Waals surface area contributed by atoms with Crippen LogP contribution in [0, 0.1) is 6.92 Å². The topological polar surface area (TPSA) is 75.4 Å². The van der Waals surface area contributed by atoms with Crippen molar-refractivity contribution < 1.29 is 14.4 Å². The van der Waals surface area contributed by atoms with Crippen LogP contribution in [0.15, 0.2) is 28.8 Å². The molecule has 1 aromatic heterocycles. The SMILES string of the molecule is CCc1noc(CC)c1CC(=O)NCC(O)c1ccccc1C. The first-order chi connectivity index (χ1) is 11.1. The Morgan fingerprint density at radius 2 is 2.04 bits per heavy atom. The predicted molar refractivity (Wildman–Crippen MR) is 88.1 cm³/mol. The number of hydrogen-bond acceptors (Lipinski definition) is 4. The van der Waals surface area contributed by atoms with Crippen molar-refractivity contribution in [2.24, 2.45) is 0 Å². The van der Waals surface area contributed by atoms with Gasteiger partial charge in [-0.1, -0.05) is 43.3 Å². The maximum Gasteiger partial charge on any atom is 0.224 e. The van der Waals surface area contributed by atoms with E-state index in [1.807, 2.05) is 45.0 Å². The third-order valence-corrected chi connectivity index (χ3v) is 3.98. The molecule has 1 heterocycles. The molecule has 0 aliphatic carbocycles. The van der Waals surface area contributed by atoms with Gasteiger partial charge < -0.3 is 14.9 Å². The van der Waals surface area contributed by atoms with E-state index >= 15 is 0 Å². The Morgan fingerprint density at radius 3 is 2.70 bits per heavy atom. The lowest BCUT2D eigenvalue weighted by Crippen LogP contribution is -2.30. The zero-order valence-electron chi connectivity index (χ0n) is 13.9. The number of aryl methyl sites for hydroxylation is 3. The van der Waals surface area contributed by atoms with Crippen LogP contribution in [0.1, 0.15) is 48.1 Å². The number of hydrogen-bond donors (Lipinski definition) is 2. The largest absolute Gasteiger partial charge is 0.387 e. The van der Waals surface area contributed by atoms with Gasteiger partial charge in [-0.25, -0.2) is 0 Å². The average Bonchev–Trinajstić information content (AvgIpc) is 2.94. The average molecular weight is 316 g/mol. The molecule has 2 rings (SSSR count). The van der Waals surface area contributed by atoms with Gasteiger partial charge in [0.15, 0.2) is 0 Å². The van der Waals surface area contributed by atoms with Gasteiger partial charge in [-0.15, -0.1) is 0 Å². The molecule has 0 spiro atoms. The minimum atomic E-state index is -0.709. The minimum Gasteiger partial charge on any atom is -0.387 e. The number of benzene rings is 1. The van der Waals surface area contributed by atoms with Crippen molar-refractivity contribution in [1.29, 1.82) is 0 Å². The number of aromatic nitrogens is 1. The summed E-state index contributed by atoms with van der Waals surface area (Å²) in [5.41, 5.74) is 3.55. The molecule has 0 radical (unpaired) electrons. The number of aliphatic hydroxyl groups is 1. The maximum absolute atomic E-state index is 12.2. The maximum atomic E-state index is 12.2. The van der Waals surface area contributed by atoms with Gasteiger partial charge in [-0.2, -0.15) is 0 Å². The van der Waals surface area contributed by atoms with E-state index in [2.05, 4.69) is 10.5 Å². The van der Waals surface area contributed by atoms with Gasteiger partial charge in [-0.05, 0) is 24.5 Å². The highest BCUT2D eigenvalue weighted by Crippen LogP contribution is 2.18. The van der Waals surface area contributed by atoms with E-state index in [1.54, 1.807) is 0 Å². The van der Waals surface area contributed by atoms with E-state index in [1.165, 1.54) is 0 Å². The number of aliphatic hydroxyl groups excluding tert-OH is 1. The van der Waals surface area contributed by atoms with Crippen LogP contribution >= 0.6 is 0 Å². The molecule has 0 aliphatic heterocycles. The molecule has 1 aromatic carbocycles. The first-order valence-corrected chi connectivity index (χ1v) is 8.03. The molecule has 0 bridgehead atoms. The van der Waals surface area contributed by atoms with E-state index in [-0.39, 0.29) is 18.9 Å². The fourth-order valence-corrected chi connectivity index (χ4v) is 2.64. The second kappa shape index (κ2) is 7.92. The zero-order valence-corrected chi connectivity index (χ0v) is 13.9. The number of nitrogens with one attached hydrogen (secondary N) is 1. The monoisotopic (exact) mass is 316 g/mol. The molecular weight excluding hydrogens is 292 g/mol. The molecule has 1 unspecified atom stereocenters. The molecule has 1 atom stereocenters. The summed E-state index contributed by atoms with van der Waals surface area (Å²) in [5, 5.41) is 17.0. The molecule has 0 aliphatic rings. The Kier molecular flexibility index (Phi) is 5.93. The van der Waals surface area contributed by atoms with Gasteiger partial charge in [0.1, 0.15) is 5.76 Å². The number of amides is 1. The Balaban J connectivity index is 1.96. The van der Waals surface area contributed by atoms with Crippen molar-refractivity contribution in [1.82, 2.24) is 10.5 Å². The molecule has 0 saturated heterocycles.